The number of anilines is 1. The van der Waals surface area contributed by atoms with Crippen LogP contribution in [0.2, 0.25) is 5.02 Å². The highest BCUT2D eigenvalue weighted by molar-refractivity contribution is 7.99. The van der Waals surface area contributed by atoms with Crippen LogP contribution in [0.4, 0.5) is 5.69 Å². The van der Waals surface area contributed by atoms with Gasteiger partial charge in [0.15, 0.2) is 0 Å². The van der Waals surface area contributed by atoms with E-state index in [1.165, 1.54) is 0 Å². The molecule has 0 aliphatic rings. The molecular formula is C11H15ClN2OS. The van der Waals surface area contributed by atoms with Crippen LogP contribution in [-0.2, 0) is 4.79 Å². The van der Waals surface area contributed by atoms with Crippen molar-refractivity contribution < 1.29 is 4.79 Å². The molecule has 16 heavy (non-hydrogen) atoms. The Morgan fingerprint density at radius 3 is 2.69 bits per heavy atom. The van der Waals surface area contributed by atoms with Crippen molar-refractivity contribution in [2.75, 3.05) is 23.4 Å². The molecule has 0 aliphatic carbocycles. The van der Waals surface area contributed by atoms with E-state index in [1.807, 2.05) is 0 Å². The summed E-state index contributed by atoms with van der Waals surface area (Å²) in [5.74, 6) is 1.39. The number of rotatable bonds is 6. The van der Waals surface area contributed by atoms with E-state index in [-0.39, 0.29) is 5.91 Å². The van der Waals surface area contributed by atoms with E-state index in [2.05, 4.69) is 5.32 Å². The number of halogens is 1. The van der Waals surface area contributed by atoms with Crippen molar-refractivity contribution in [3.8, 4) is 0 Å². The molecule has 0 aliphatic heterocycles. The Labute approximate surface area is 105 Å². The van der Waals surface area contributed by atoms with Gasteiger partial charge in [-0.05, 0) is 43.0 Å². The van der Waals surface area contributed by atoms with Gasteiger partial charge in [0.25, 0.3) is 0 Å². The quantitative estimate of drug-likeness (QED) is 0.771. The van der Waals surface area contributed by atoms with Crippen LogP contribution in [0.3, 0.4) is 0 Å². The van der Waals surface area contributed by atoms with Crippen LogP contribution in [0.5, 0.6) is 0 Å². The van der Waals surface area contributed by atoms with Gasteiger partial charge in [0, 0.05) is 10.7 Å². The molecule has 3 nitrogen and oxygen atoms in total. The Morgan fingerprint density at radius 2 is 2.06 bits per heavy atom. The van der Waals surface area contributed by atoms with E-state index in [0.717, 1.165) is 17.9 Å². The second-order valence-corrected chi connectivity index (χ2v) is 4.79. The van der Waals surface area contributed by atoms with Crippen LogP contribution in [0.15, 0.2) is 24.3 Å². The summed E-state index contributed by atoms with van der Waals surface area (Å²) in [6.07, 6.45) is 0.943. The zero-order valence-electron chi connectivity index (χ0n) is 8.91. The monoisotopic (exact) mass is 258 g/mol. The van der Waals surface area contributed by atoms with Crippen LogP contribution >= 0.6 is 23.4 Å². The number of carbonyl (C=O) groups excluding carboxylic acids is 1. The summed E-state index contributed by atoms with van der Waals surface area (Å²) >= 11 is 7.33. The van der Waals surface area contributed by atoms with Crippen molar-refractivity contribution in [2.45, 2.75) is 6.42 Å². The molecule has 0 heterocycles. The number of hydrogen-bond donors (Lipinski definition) is 2. The van der Waals surface area contributed by atoms with Crippen LogP contribution in [0, 0.1) is 0 Å². The molecule has 0 fully saturated rings. The lowest BCUT2D eigenvalue weighted by Gasteiger charge is -2.04. The predicted octanol–water partition coefficient (Wildman–Crippen LogP) is 2.36. The smallest absolute Gasteiger partial charge is 0.234 e. The SMILES string of the molecule is NCCCSCC(=O)Nc1ccc(Cl)cc1. The molecule has 1 amide bonds. The average Bonchev–Trinajstić information content (AvgIpc) is 2.28. The molecule has 88 valence electrons. The Balaban J connectivity index is 2.26. The summed E-state index contributed by atoms with van der Waals surface area (Å²) in [6.45, 7) is 0.672. The Bertz CT molecular complexity index is 329. The molecule has 0 atom stereocenters. The first kappa shape index (κ1) is 13.4. The molecule has 0 aromatic heterocycles. The Hall–Kier alpha value is -0.710. The number of thioether (sulfide) groups is 1. The molecule has 1 rings (SSSR count). The third-order valence-corrected chi connectivity index (χ3v) is 3.15. The topological polar surface area (TPSA) is 55.1 Å². The van der Waals surface area contributed by atoms with Gasteiger partial charge in [-0.3, -0.25) is 4.79 Å². The molecule has 0 saturated carbocycles. The number of carbonyl (C=O) groups is 1. The van der Waals surface area contributed by atoms with E-state index < -0.39 is 0 Å². The number of nitrogens with two attached hydrogens (primary N) is 1. The number of hydrogen-bond acceptors (Lipinski definition) is 3. The van der Waals surface area contributed by atoms with Crippen molar-refractivity contribution in [3.63, 3.8) is 0 Å². The van der Waals surface area contributed by atoms with Gasteiger partial charge in [0.05, 0.1) is 5.75 Å². The van der Waals surface area contributed by atoms with E-state index >= 15 is 0 Å². The van der Waals surface area contributed by atoms with Gasteiger partial charge in [-0.2, -0.15) is 11.8 Å². The van der Waals surface area contributed by atoms with E-state index in [4.69, 9.17) is 17.3 Å². The van der Waals surface area contributed by atoms with Crippen molar-refractivity contribution >= 4 is 35.0 Å². The van der Waals surface area contributed by atoms with Crippen molar-refractivity contribution in [1.29, 1.82) is 0 Å². The summed E-state index contributed by atoms with van der Waals surface area (Å²) in [5.41, 5.74) is 6.13. The van der Waals surface area contributed by atoms with Gasteiger partial charge < -0.3 is 11.1 Å². The largest absolute Gasteiger partial charge is 0.330 e. The number of benzene rings is 1. The normalized spacial score (nSPS) is 10.1. The van der Waals surface area contributed by atoms with E-state index in [9.17, 15) is 4.79 Å². The third-order valence-electron chi connectivity index (χ3n) is 1.85. The van der Waals surface area contributed by atoms with Crippen molar-refractivity contribution in [3.05, 3.63) is 29.3 Å². The lowest BCUT2D eigenvalue weighted by molar-refractivity contribution is -0.113. The van der Waals surface area contributed by atoms with Crippen LogP contribution in [-0.4, -0.2) is 24.0 Å². The highest BCUT2D eigenvalue weighted by Gasteiger charge is 2.01. The molecular weight excluding hydrogens is 244 g/mol. The van der Waals surface area contributed by atoms with Gasteiger partial charge in [0.1, 0.15) is 0 Å². The van der Waals surface area contributed by atoms with E-state index in [1.54, 1.807) is 36.0 Å². The first-order valence-electron chi connectivity index (χ1n) is 5.05. The maximum atomic E-state index is 11.5. The number of nitrogens with one attached hydrogen (secondary N) is 1. The molecule has 1 aromatic rings. The summed E-state index contributed by atoms with van der Waals surface area (Å²) in [5, 5.41) is 3.46. The van der Waals surface area contributed by atoms with Gasteiger partial charge in [-0.25, -0.2) is 0 Å². The molecule has 5 heteroatoms. The van der Waals surface area contributed by atoms with E-state index in [0.29, 0.717) is 17.3 Å². The Kier molecular flexibility index (Phi) is 6.30. The molecule has 0 radical (unpaired) electrons. The fraction of sp³-hybridized carbons (Fsp3) is 0.364. The number of amides is 1. The highest BCUT2D eigenvalue weighted by Crippen LogP contribution is 2.13. The first-order valence-corrected chi connectivity index (χ1v) is 6.59. The molecule has 0 spiro atoms. The minimum Gasteiger partial charge on any atom is -0.330 e. The van der Waals surface area contributed by atoms with Gasteiger partial charge in [-0.15, -0.1) is 0 Å². The predicted molar refractivity (Wildman–Crippen MR) is 71.1 cm³/mol. The van der Waals surface area contributed by atoms with Crippen LogP contribution in [0.25, 0.3) is 0 Å². The summed E-state index contributed by atoms with van der Waals surface area (Å²) in [4.78, 5) is 11.5. The third kappa shape index (κ3) is 5.39. The fourth-order valence-corrected chi connectivity index (χ4v) is 1.98. The zero-order valence-corrected chi connectivity index (χ0v) is 10.5. The van der Waals surface area contributed by atoms with Gasteiger partial charge >= 0.3 is 0 Å². The van der Waals surface area contributed by atoms with Gasteiger partial charge in [-0.1, -0.05) is 11.6 Å². The molecule has 0 saturated heterocycles. The average molecular weight is 259 g/mol. The van der Waals surface area contributed by atoms with Crippen LogP contribution < -0.4 is 11.1 Å². The van der Waals surface area contributed by atoms with Crippen molar-refractivity contribution in [2.24, 2.45) is 5.73 Å². The maximum Gasteiger partial charge on any atom is 0.234 e. The minimum atomic E-state index is 0.00402. The van der Waals surface area contributed by atoms with Crippen LogP contribution in [0.1, 0.15) is 6.42 Å². The Morgan fingerprint density at radius 1 is 1.38 bits per heavy atom. The lowest BCUT2D eigenvalue weighted by atomic mass is 10.3. The van der Waals surface area contributed by atoms with Gasteiger partial charge in [0.2, 0.25) is 5.91 Å². The highest BCUT2D eigenvalue weighted by atomic mass is 35.5. The molecule has 3 N–H and O–H groups in total. The summed E-state index contributed by atoms with van der Waals surface area (Å²) in [6, 6.07) is 7.06. The molecule has 1 aromatic carbocycles. The second kappa shape index (κ2) is 7.54. The standard InChI is InChI=1S/C11H15ClN2OS/c12-9-2-4-10(5-3-9)14-11(15)8-16-7-1-6-13/h2-5H,1,6-8,13H2,(H,14,15). The summed E-state index contributed by atoms with van der Waals surface area (Å²) < 4.78 is 0. The van der Waals surface area contributed by atoms with Crippen molar-refractivity contribution in [1.82, 2.24) is 0 Å². The fourth-order valence-electron chi connectivity index (χ4n) is 1.08. The maximum absolute atomic E-state index is 11.5. The lowest BCUT2D eigenvalue weighted by Crippen LogP contribution is -2.14. The molecule has 0 bridgehead atoms. The molecule has 0 unspecified atom stereocenters. The second-order valence-electron chi connectivity index (χ2n) is 3.25. The summed E-state index contributed by atoms with van der Waals surface area (Å²) in [7, 11) is 0. The zero-order chi connectivity index (χ0) is 11.8. The minimum absolute atomic E-state index is 0.00402. The first-order chi connectivity index (χ1) is 7.72.